The number of aromatic hydroxyl groups is 1. The number of primary amides is 1. The number of carbonyl (C=O) groups excluding carboxylic acids is 5. The normalized spacial score (nSPS) is 28.9. The molecule has 2 aromatic rings. The minimum absolute atomic E-state index is 0.0432. The summed E-state index contributed by atoms with van der Waals surface area (Å²) in [4.78, 5) is 64.2. The standard InChI is InChI=1S/C28H23NO7/c1-13-2-4-14(5-3-13)6-7-15-8-9-19(30)22-18(15)11-16-10-17-12-20(31)23(27(29)35)26(34)28(17,36)25(33)21(16)24(22)32/h2-5,8-9,16-17,21,23,30,36H,10-12H2,1H3,(H2,29,35)/t16-,17+,21?,23?,28+/m1/s1. The first kappa shape index (κ1) is 23.6. The molecule has 5 rings (SSSR count). The van der Waals surface area contributed by atoms with E-state index in [-0.39, 0.29) is 30.6 Å². The van der Waals surface area contributed by atoms with Crippen molar-refractivity contribution in [1.29, 1.82) is 0 Å². The van der Waals surface area contributed by atoms with Gasteiger partial charge in [0.05, 0.1) is 11.5 Å². The van der Waals surface area contributed by atoms with Crippen LogP contribution in [0.1, 0.15) is 45.5 Å². The molecule has 3 aliphatic carbocycles. The summed E-state index contributed by atoms with van der Waals surface area (Å²) in [5.74, 6) is -4.19. The van der Waals surface area contributed by atoms with Gasteiger partial charge in [-0.2, -0.15) is 0 Å². The van der Waals surface area contributed by atoms with Gasteiger partial charge in [0.15, 0.2) is 34.7 Å². The highest BCUT2D eigenvalue weighted by atomic mass is 16.3. The van der Waals surface area contributed by atoms with Crippen LogP contribution in [0.2, 0.25) is 0 Å². The van der Waals surface area contributed by atoms with Crippen molar-refractivity contribution in [1.82, 2.24) is 0 Å². The molecule has 0 aliphatic heterocycles. The van der Waals surface area contributed by atoms with E-state index in [9.17, 15) is 34.2 Å². The maximum Gasteiger partial charge on any atom is 0.235 e. The highest BCUT2D eigenvalue weighted by Crippen LogP contribution is 2.50. The number of benzene rings is 2. The monoisotopic (exact) mass is 485 g/mol. The van der Waals surface area contributed by atoms with E-state index in [1.165, 1.54) is 6.07 Å². The van der Waals surface area contributed by atoms with Crippen LogP contribution < -0.4 is 5.73 Å². The highest BCUT2D eigenvalue weighted by molar-refractivity contribution is 6.31. The first-order chi connectivity index (χ1) is 17.0. The third-order valence-corrected chi connectivity index (χ3v) is 7.68. The lowest BCUT2D eigenvalue weighted by atomic mass is 9.53. The number of rotatable bonds is 1. The Bertz CT molecular complexity index is 1430. The van der Waals surface area contributed by atoms with Gasteiger partial charge in [0, 0.05) is 23.5 Å². The molecule has 8 nitrogen and oxygen atoms in total. The van der Waals surface area contributed by atoms with Gasteiger partial charge in [-0.3, -0.25) is 24.0 Å². The molecule has 8 heteroatoms. The van der Waals surface area contributed by atoms with Crippen LogP contribution in [-0.2, 0) is 25.6 Å². The number of carbonyl (C=O) groups is 5. The van der Waals surface area contributed by atoms with Crippen molar-refractivity contribution >= 4 is 29.0 Å². The molecular formula is C28H23NO7. The molecule has 36 heavy (non-hydrogen) atoms. The predicted octanol–water partition coefficient (Wildman–Crippen LogP) is 1.04. The molecule has 2 saturated carbocycles. The van der Waals surface area contributed by atoms with Crippen molar-refractivity contribution in [2.75, 3.05) is 0 Å². The number of phenols is 1. The average Bonchev–Trinajstić information content (AvgIpc) is 2.81. The van der Waals surface area contributed by atoms with E-state index in [4.69, 9.17) is 5.73 Å². The molecule has 5 atom stereocenters. The molecule has 2 aromatic carbocycles. The molecule has 3 aliphatic rings. The quantitative estimate of drug-likeness (QED) is 0.403. The Morgan fingerprint density at radius 1 is 1.00 bits per heavy atom. The van der Waals surface area contributed by atoms with Crippen LogP contribution in [0.25, 0.3) is 0 Å². The number of aryl methyl sites for hydroxylation is 1. The van der Waals surface area contributed by atoms with Crippen molar-refractivity contribution in [3.63, 3.8) is 0 Å². The van der Waals surface area contributed by atoms with E-state index in [0.29, 0.717) is 11.1 Å². The van der Waals surface area contributed by atoms with Crippen molar-refractivity contribution < 1.29 is 34.2 Å². The fraction of sp³-hybridized carbons (Fsp3) is 0.321. The van der Waals surface area contributed by atoms with Gasteiger partial charge >= 0.3 is 0 Å². The Morgan fingerprint density at radius 2 is 1.69 bits per heavy atom. The Hall–Kier alpha value is -4.09. The van der Waals surface area contributed by atoms with Gasteiger partial charge in [-0.05, 0) is 55.5 Å². The van der Waals surface area contributed by atoms with Crippen LogP contribution in [0.3, 0.4) is 0 Å². The summed E-state index contributed by atoms with van der Waals surface area (Å²) in [6.45, 7) is 1.96. The van der Waals surface area contributed by atoms with Crippen LogP contribution in [0.4, 0.5) is 0 Å². The summed E-state index contributed by atoms with van der Waals surface area (Å²) in [6.07, 6.45) is -0.133. The maximum atomic E-state index is 13.5. The van der Waals surface area contributed by atoms with Gasteiger partial charge in [0.1, 0.15) is 5.75 Å². The summed E-state index contributed by atoms with van der Waals surface area (Å²) in [6, 6.07) is 10.5. The average molecular weight is 485 g/mol. The number of aliphatic hydroxyl groups is 1. The van der Waals surface area contributed by atoms with Gasteiger partial charge in [-0.25, -0.2) is 0 Å². The zero-order valence-electron chi connectivity index (χ0n) is 19.4. The second-order valence-electron chi connectivity index (χ2n) is 9.84. The molecule has 0 radical (unpaired) electrons. The fourth-order valence-electron chi connectivity index (χ4n) is 5.86. The topological polar surface area (TPSA) is 152 Å². The maximum absolute atomic E-state index is 13.5. The van der Waals surface area contributed by atoms with Crippen LogP contribution in [-0.4, -0.2) is 44.9 Å². The summed E-state index contributed by atoms with van der Waals surface area (Å²) in [7, 11) is 0. The van der Waals surface area contributed by atoms with Crippen molar-refractivity contribution in [3.8, 4) is 17.6 Å². The van der Waals surface area contributed by atoms with Gasteiger partial charge < -0.3 is 15.9 Å². The molecule has 4 N–H and O–H groups in total. The summed E-state index contributed by atoms with van der Waals surface area (Å²) >= 11 is 0. The lowest BCUT2D eigenvalue weighted by Crippen LogP contribution is -2.68. The Morgan fingerprint density at radius 3 is 2.36 bits per heavy atom. The number of phenolic OH excluding ortho intramolecular Hbond substituents is 1. The zero-order chi connectivity index (χ0) is 25.9. The SMILES string of the molecule is Cc1ccc(C#Cc2ccc(O)c3c2C[C@H]2C[C@H]4CC(=O)C(C(N)=O)C(=O)[C@@]4(O)C(=O)C2C3=O)cc1. The van der Waals surface area contributed by atoms with E-state index in [2.05, 4.69) is 11.8 Å². The molecular weight excluding hydrogens is 462 g/mol. The number of amides is 1. The molecule has 2 fully saturated rings. The lowest BCUT2D eigenvalue weighted by molar-refractivity contribution is -0.175. The Labute approximate surface area is 206 Å². The first-order valence-corrected chi connectivity index (χ1v) is 11.6. The zero-order valence-corrected chi connectivity index (χ0v) is 19.4. The molecule has 182 valence electrons. The minimum atomic E-state index is -2.65. The second-order valence-corrected chi connectivity index (χ2v) is 9.84. The number of hydrogen-bond donors (Lipinski definition) is 3. The van der Waals surface area contributed by atoms with Gasteiger partial charge in [0.2, 0.25) is 5.91 Å². The van der Waals surface area contributed by atoms with Crippen molar-refractivity contribution in [2.45, 2.75) is 31.8 Å². The lowest BCUT2D eigenvalue weighted by Gasteiger charge is -2.48. The van der Waals surface area contributed by atoms with Crippen LogP contribution >= 0.6 is 0 Å². The minimum Gasteiger partial charge on any atom is -0.507 e. The smallest absolute Gasteiger partial charge is 0.235 e. The number of hydrogen-bond acceptors (Lipinski definition) is 7. The van der Waals surface area contributed by atoms with Gasteiger partial charge in [0.25, 0.3) is 0 Å². The third kappa shape index (κ3) is 3.39. The molecule has 2 unspecified atom stereocenters. The third-order valence-electron chi connectivity index (χ3n) is 7.68. The van der Waals surface area contributed by atoms with Gasteiger partial charge in [-0.15, -0.1) is 0 Å². The molecule has 1 amide bonds. The number of ketones is 4. The van der Waals surface area contributed by atoms with E-state index in [1.54, 1.807) is 6.07 Å². The van der Waals surface area contributed by atoms with E-state index < -0.39 is 58.3 Å². The highest BCUT2D eigenvalue weighted by Gasteiger charge is 2.66. The molecule has 0 saturated heterocycles. The Kier molecular flexibility index (Phi) is 5.42. The van der Waals surface area contributed by atoms with Crippen LogP contribution in [0.5, 0.6) is 5.75 Å². The van der Waals surface area contributed by atoms with Crippen molar-refractivity contribution in [2.24, 2.45) is 29.4 Å². The molecule has 0 heterocycles. The number of nitrogens with two attached hydrogens (primary N) is 1. The van der Waals surface area contributed by atoms with Crippen LogP contribution in [0.15, 0.2) is 36.4 Å². The van der Waals surface area contributed by atoms with E-state index in [0.717, 1.165) is 11.1 Å². The van der Waals surface area contributed by atoms with Gasteiger partial charge in [-0.1, -0.05) is 29.5 Å². The largest absolute Gasteiger partial charge is 0.507 e. The molecule has 0 spiro atoms. The summed E-state index contributed by atoms with van der Waals surface area (Å²) in [5.41, 5.74) is 5.34. The summed E-state index contributed by atoms with van der Waals surface area (Å²) < 4.78 is 0. The summed E-state index contributed by atoms with van der Waals surface area (Å²) in [5, 5.41) is 21.8. The first-order valence-electron chi connectivity index (χ1n) is 11.6. The van der Waals surface area contributed by atoms with Crippen LogP contribution in [0, 0.1) is 42.4 Å². The second kappa shape index (κ2) is 8.25. The number of fused-ring (bicyclic) bond motifs is 3. The van der Waals surface area contributed by atoms with Crippen molar-refractivity contribution in [3.05, 3.63) is 64.2 Å². The fourth-order valence-corrected chi connectivity index (χ4v) is 5.86. The molecule has 0 aromatic heterocycles. The van der Waals surface area contributed by atoms with E-state index in [1.807, 2.05) is 31.2 Å². The number of Topliss-reactive ketones (excluding diaryl/α,β-unsaturated/α-hetero) is 4. The van der Waals surface area contributed by atoms with E-state index >= 15 is 0 Å². The Balaban J connectivity index is 1.56. The predicted molar refractivity (Wildman–Crippen MR) is 126 cm³/mol. The molecule has 0 bridgehead atoms.